The summed E-state index contributed by atoms with van der Waals surface area (Å²) in [6.45, 7) is 14.3. The van der Waals surface area contributed by atoms with Gasteiger partial charge < -0.3 is 34.3 Å². The number of fused-ring (bicyclic) bond motifs is 2. The molecule has 4 saturated heterocycles. The predicted octanol–water partition coefficient (Wildman–Crippen LogP) is 9.52. The lowest BCUT2D eigenvalue weighted by Crippen LogP contribution is -2.39. The van der Waals surface area contributed by atoms with Gasteiger partial charge in [-0.2, -0.15) is 5.26 Å². The quantitative estimate of drug-likeness (QED) is 0.154. The van der Waals surface area contributed by atoms with Gasteiger partial charge in [0.1, 0.15) is 23.8 Å². The lowest BCUT2D eigenvalue weighted by molar-refractivity contribution is 0.162. The molecule has 4 fully saturated rings. The van der Waals surface area contributed by atoms with Crippen LogP contribution in [0.2, 0.25) is 0 Å². The maximum absolute atomic E-state index is 9.16. The monoisotopic (exact) mass is 906 g/mol. The van der Waals surface area contributed by atoms with Crippen LogP contribution in [0.25, 0.3) is 26.7 Å². The van der Waals surface area contributed by atoms with Crippen LogP contribution in [0.4, 0.5) is 17.3 Å². The Balaban J connectivity index is 0.000000150. The van der Waals surface area contributed by atoms with Gasteiger partial charge in [0.2, 0.25) is 17.8 Å². The molecule has 0 spiro atoms. The van der Waals surface area contributed by atoms with Gasteiger partial charge in [-0.25, -0.2) is 26.5 Å². The van der Waals surface area contributed by atoms with E-state index in [0.717, 1.165) is 142 Å². The number of pyridine rings is 4. The maximum Gasteiger partial charge on any atom is 0.237 e. The van der Waals surface area contributed by atoms with Gasteiger partial charge in [0, 0.05) is 120 Å². The largest absolute Gasteiger partial charge is 0.473 e. The maximum atomic E-state index is 9.16. The van der Waals surface area contributed by atoms with Crippen LogP contribution in [0.15, 0.2) is 114 Å². The van der Waals surface area contributed by atoms with Crippen LogP contribution in [0.1, 0.15) is 51.4 Å². The first-order chi connectivity index (χ1) is 31.0. The number of piperidine rings is 4. The van der Waals surface area contributed by atoms with Crippen molar-refractivity contribution in [1.82, 2.24) is 25.3 Å². The van der Waals surface area contributed by atoms with E-state index in [9.17, 15) is 0 Å². The van der Waals surface area contributed by atoms with Crippen LogP contribution < -0.4 is 29.5 Å². The summed E-state index contributed by atoms with van der Waals surface area (Å²) in [6, 6.07) is 35.6. The highest BCUT2D eigenvalue weighted by atomic mass is 79.9. The molecule has 324 valence electrons. The molecular formula is C50H55BrN10O2. The molecule has 10 rings (SSSR count). The SMILES string of the molecule is Brc1cccnc1OC1CCN(c2ccc3ccccc3n2)CC1.N#CC1CCN(c2cccnc2OC2CCN(c3ccc4ccccc4n3)CC2)CC1.[C-]#[N+]C1CCNCC1. The van der Waals surface area contributed by atoms with E-state index in [4.69, 9.17) is 31.3 Å². The number of nitriles is 1. The van der Waals surface area contributed by atoms with E-state index in [1.165, 1.54) is 10.8 Å². The fourth-order valence-corrected chi connectivity index (χ4v) is 8.89. The molecule has 0 unspecified atom stereocenters. The van der Waals surface area contributed by atoms with Crippen molar-refractivity contribution >= 4 is 55.1 Å². The molecule has 13 heteroatoms. The normalized spacial score (nSPS) is 17.7. The Morgan fingerprint density at radius 2 is 1.11 bits per heavy atom. The standard InChI is InChI=1S/C25H27N5O.C19H18BrN3O.C6H10N2/c26-18-19-9-14-29(15-10-19)23-6-3-13-27-25(23)31-21-11-16-30(17-12-21)24-8-7-20-4-1-2-5-22(20)28-24;20-16-5-3-11-21-19(16)24-15-9-12-23(13-10-15)18-8-7-14-4-1-2-6-17(14)22-18;1-7-6-2-4-8-5-3-6/h1-8,13,19,21H,9-12,14-17H2;1-8,11,15H,9-10,12-13H2;6,8H,2-5H2. The summed E-state index contributed by atoms with van der Waals surface area (Å²) >= 11 is 3.49. The first-order valence-electron chi connectivity index (χ1n) is 22.3. The molecule has 0 amide bonds. The van der Waals surface area contributed by atoms with Crippen LogP contribution in [0.3, 0.4) is 0 Å². The zero-order valence-corrected chi connectivity index (χ0v) is 37.3. The van der Waals surface area contributed by atoms with E-state index in [-0.39, 0.29) is 18.1 Å². The average molecular weight is 908 g/mol. The second-order valence-electron chi connectivity index (χ2n) is 16.5. The Bertz CT molecular complexity index is 2480. The number of halogens is 1. The van der Waals surface area contributed by atoms with Gasteiger partial charge in [-0.1, -0.05) is 36.4 Å². The number of benzene rings is 2. The van der Waals surface area contributed by atoms with Gasteiger partial charge in [-0.3, -0.25) is 0 Å². The highest BCUT2D eigenvalue weighted by Crippen LogP contribution is 2.32. The minimum Gasteiger partial charge on any atom is -0.473 e. The first kappa shape index (κ1) is 43.6. The minimum atomic E-state index is 0.155. The minimum absolute atomic E-state index is 0.155. The van der Waals surface area contributed by atoms with Crippen molar-refractivity contribution in [3.63, 3.8) is 0 Å². The number of anilines is 3. The summed E-state index contributed by atoms with van der Waals surface area (Å²) in [5.41, 5.74) is 3.14. The number of nitrogens with zero attached hydrogens (tertiary/aromatic N) is 9. The van der Waals surface area contributed by atoms with Crippen molar-refractivity contribution in [2.24, 2.45) is 5.92 Å². The van der Waals surface area contributed by atoms with Crippen molar-refractivity contribution in [3.05, 3.63) is 125 Å². The molecule has 0 bridgehead atoms. The number of hydrogen-bond acceptors (Lipinski definition) is 11. The number of rotatable bonds is 7. The third-order valence-electron chi connectivity index (χ3n) is 12.2. The topological polar surface area (TPSA) is 120 Å². The Hall–Kier alpha value is -6.02. The highest BCUT2D eigenvalue weighted by Gasteiger charge is 2.27. The van der Waals surface area contributed by atoms with Gasteiger partial charge in [0.15, 0.2) is 0 Å². The molecule has 4 aliphatic heterocycles. The summed E-state index contributed by atoms with van der Waals surface area (Å²) in [5, 5.41) is 14.7. The zero-order chi connectivity index (χ0) is 43.2. The Morgan fingerprint density at radius 1 is 0.603 bits per heavy atom. The van der Waals surface area contributed by atoms with Gasteiger partial charge in [-0.15, -0.1) is 0 Å². The van der Waals surface area contributed by atoms with E-state index in [1.54, 1.807) is 12.4 Å². The summed E-state index contributed by atoms with van der Waals surface area (Å²) in [7, 11) is 0. The Morgan fingerprint density at radius 3 is 1.63 bits per heavy atom. The number of aromatic nitrogens is 4. The zero-order valence-electron chi connectivity index (χ0n) is 35.7. The van der Waals surface area contributed by atoms with Crippen molar-refractivity contribution in [1.29, 1.82) is 5.26 Å². The summed E-state index contributed by atoms with van der Waals surface area (Å²) in [5.74, 6) is 3.66. The molecule has 4 aromatic heterocycles. The molecule has 0 saturated carbocycles. The Labute approximate surface area is 379 Å². The lowest BCUT2D eigenvalue weighted by Gasteiger charge is -2.35. The van der Waals surface area contributed by atoms with E-state index >= 15 is 0 Å². The fourth-order valence-electron chi connectivity index (χ4n) is 8.54. The predicted molar refractivity (Wildman–Crippen MR) is 254 cm³/mol. The highest BCUT2D eigenvalue weighted by molar-refractivity contribution is 9.10. The molecule has 4 aliphatic rings. The van der Waals surface area contributed by atoms with E-state index < -0.39 is 0 Å². The summed E-state index contributed by atoms with van der Waals surface area (Å²) in [6.07, 6.45) is 11.6. The van der Waals surface area contributed by atoms with Crippen LogP contribution in [0, 0.1) is 23.8 Å². The van der Waals surface area contributed by atoms with Crippen LogP contribution in [-0.2, 0) is 0 Å². The average Bonchev–Trinajstić information content (AvgIpc) is 3.36. The second-order valence-corrected chi connectivity index (χ2v) is 17.3. The van der Waals surface area contributed by atoms with Gasteiger partial charge in [0.05, 0.1) is 27.3 Å². The van der Waals surface area contributed by atoms with Gasteiger partial charge in [0.25, 0.3) is 0 Å². The van der Waals surface area contributed by atoms with Gasteiger partial charge in [-0.05, 0) is 89.4 Å². The second kappa shape index (κ2) is 21.9. The van der Waals surface area contributed by atoms with Crippen LogP contribution in [-0.4, -0.2) is 90.5 Å². The number of nitrogens with one attached hydrogen (secondary N) is 1. The molecular weight excluding hydrogens is 853 g/mol. The third kappa shape index (κ3) is 11.7. The van der Waals surface area contributed by atoms with E-state index in [2.05, 4.69) is 111 Å². The number of hydrogen-bond donors (Lipinski definition) is 1. The molecule has 1 N–H and O–H groups in total. The first-order valence-corrected chi connectivity index (χ1v) is 23.1. The molecule has 0 radical (unpaired) electrons. The molecule has 0 aliphatic carbocycles. The molecule has 8 heterocycles. The summed E-state index contributed by atoms with van der Waals surface area (Å²) in [4.78, 5) is 28.9. The van der Waals surface area contributed by atoms with Crippen LogP contribution >= 0.6 is 15.9 Å². The molecule has 12 nitrogen and oxygen atoms in total. The smallest absolute Gasteiger partial charge is 0.237 e. The van der Waals surface area contributed by atoms with Crippen molar-refractivity contribution < 1.29 is 9.47 Å². The fraction of sp³-hybridized carbons (Fsp3) is 0.400. The summed E-state index contributed by atoms with van der Waals surface area (Å²) < 4.78 is 13.3. The van der Waals surface area contributed by atoms with Crippen molar-refractivity contribution in [2.45, 2.75) is 69.6 Å². The third-order valence-corrected chi connectivity index (χ3v) is 12.8. The van der Waals surface area contributed by atoms with Crippen molar-refractivity contribution in [3.8, 4) is 17.8 Å². The van der Waals surface area contributed by atoms with E-state index in [1.807, 2.05) is 42.5 Å². The Kier molecular flexibility index (Phi) is 15.1. The molecule has 0 atom stereocenters. The molecule has 2 aromatic carbocycles. The lowest BCUT2D eigenvalue weighted by atomic mass is 9.98. The van der Waals surface area contributed by atoms with E-state index in [0.29, 0.717) is 11.9 Å². The number of ether oxygens (including phenoxy) is 2. The van der Waals surface area contributed by atoms with Gasteiger partial charge >= 0.3 is 0 Å². The molecule has 6 aromatic rings. The number of para-hydroxylation sites is 2. The molecule has 63 heavy (non-hydrogen) atoms. The van der Waals surface area contributed by atoms with Crippen molar-refractivity contribution in [2.75, 3.05) is 67.1 Å². The van der Waals surface area contributed by atoms with Crippen LogP contribution in [0.5, 0.6) is 11.8 Å².